The fourth-order valence-corrected chi connectivity index (χ4v) is 2.76. The molecular formula is C16H26ClFN2. The molecule has 1 heterocycles. The summed E-state index contributed by atoms with van der Waals surface area (Å²) in [7, 11) is 0. The lowest BCUT2D eigenvalue weighted by Gasteiger charge is -2.35. The molecule has 1 aromatic carbocycles. The second-order valence-corrected chi connectivity index (χ2v) is 5.60. The quantitative estimate of drug-likeness (QED) is 0.895. The molecule has 114 valence electrons. The van der Waals surface area contributed by atoms with Crippen molar-refractivity contribution in [1.29, 1.82) is 0 Å². The third kappa shape index (κ3) is 4.44. The molecule has 0 saturated carbocycles. The van der Waals surface area contributed by atoms with Gasteiger partial charge in [-0.3, -0.25) is 9.29 Å². The molecule has 0 aromatic heterocycles. The summed E-state index contributed by atoms with van der Waals surface area (Å²) >= 11 is 0. The third-order valence-electron chi connectivity index (χ3n) is 3.96. The Bertz CT molecular complexity index is 375. The van der Waals surface area contributed by atoms with E-state index in [0.717, 1.165) is 26.2 Å². The summed E-state index contributed by atoms with van der Waals surface area (Å²) in [5.41, 5.74) is 2.60. The molecule has 2 rings (SSSR count). The van der Waals surface area contributed by atoms with Crippen LogP contribution in [-0.4, -0.2) is 37.8 Å². The molecule has 20 heavy (non-hydrogen) atoms. The predicted molar refractivity (Wildman–Crippen MR) is 85.6 cm³/mol. The molecule has 1 N–H and O–H groups in total. The largest absolute Gasteiger partial charge is 0.314 e. The fourth-order valence-electron chi connectivity index (χ4n) is 2.76. The van der Waals surface area contributed by atoms with E-state index in [1.807, 2.05) is 0 Å². The van der Waals surface area contributed by atoms with Gasteiger partial charge in [0.25, 0.3) is 0 Å². The van der Waals surface area contributed by atoms with E-state index in [2.05, 4.69) is 48.3 Å². The Morgan fingerprint density at radius 3 is 2.15 bits per heavy atom. The first-order valence-corrected chi connectivity index (χ1v) is 7.33. The zero-order valence-electron chi connectivity index (χ0n) is 12.4. The van der Waals surface area contributed by atoms with Gasteiger partial charge >= 0.3 is 0 Å². The Morgan fingerprint density at radius 1 is 1.10 bits per heavy atom. The van der Waals surface area contributed by atoms with E-state index < -0.39 is 0 Å². The number of alkyl halides is 1. The fraction of sp³-hybridized carbons (Fsp3) is 0.625. The van der Waals surface area contributed by atoms with Crippen molar-refractivity contribution in [3.8, 4) is 0 Å². The zero-order valence-corrected chi connectivity index (χ0v) is 13.3. The van der Waals surface area contributed by atoms with Crippen molar-refractivity contribution >= 4 is 12.4 Å². The number of rotatable bonds is 5. The number of nitrogens with zero attached hydrogens (tertiary/aromatic N) is 1. The number of hydrogen-bond acceptors (Lipinski definition) is 2. The molecule has 0 bridgehead atoms. The van der Waals surface area contributed by atoms with Crippen molar-refractivity contribution in [1.82, 2.24) is 10.2 Å². The molecule has 1 saturated heterocycles. The summed E-state index contributed by atoms with van der Waals surface area (Å²) in [6.45, 7) is 8.18. The average molecular weight is 301 g/mol. The molecule has 1 aromatic rings. The highest BCUT2D eigenvalue weighted by molar-refractivity contribution is 5.85. The van der Waals surface area contributed by atoms with Crippen LogP contribution < -0.4 is 5.32 Å². The Kier molecular flexibility index (Phi) is 7.49. The maximum atomic E-state index is 12.8. The van der Waals surface area contributed by atoms with Gasteiger partial charge in [-0.2, -0.15) is 0 Å². The number of benzene rings is 1. The summed E-state index contributed by atoms with van der Waals surface area (Å²) in [5.74, 6) is 0.549. The first-order chi connectivity index (χ1) is 9.22. The molecule has 1 fully saturated rings. The SMILES string of the molecule is CC(C)c1ccc([C@@H](CCF)N2CCNCC2)cc1.Cl. The first kappa shape index (κ1) is 17.4. The van der Waals surface area contributed by atoms with Crippen molar-refractivity contribution in [3.05, 3.63) is 35.4 Å². The van der Waals surface area contributed by atoms with Crippen LogP contribution in [-0.2, 0) is 0 Å². The van der Waals surface area contributed by atoms with Crippen LogP contribution in [0.1, 0.15) is 43.4 Å². The molecule has 0 unspecified atom stereocenters. The second-order valence-electron chi connectivity index (χ2n) is 5.60. The summed E-state index contributed by atoms with van der Waals surface area (Å²) in [4.78, 5) is 2.40. The lowest BCUT2D eigenvalue weighted by atomic mass is 9.97. The maximum Gasteiger partial charge on any atom is 0.0912 e. The highest BCUT2D eigenvalue weighted by Gasteiger charge is 2.21. The van der Waals surface area contributed by atoms with Crippen LogP contribution in [0.5, 0.6) is 0 Å². The lowest BCUT2D eigenvalue weighted by molar-refractivity contribution is 0.157. The van der Waals surface area contributed by atoms with Gasteiger partial charge in [0, 0.05) is 32.2 Å². The minimum Gasteiger partial charge on any atom is -0.314 e. The second kappa shape index (κ2) is 8.60. The molecule has 0 aliphatic carbocycles. The van der Waals surface area contributed by atoms with Crippen molar-refractivity contribution in [2.45, 2.75) is 32.2 Å². The van der Waals surface area contributed by atoms with Crippen LogP contribution in [0.3, 0.4) is 0 Å². The normalized spacial score (nSPS) is 17.8. The highest BCUT2D eigenvalue weighted by Crippen LogP contribution is 2.26. The van der Waals surface area contributed by atoms with Gasteiger partial charge in [0.1, 0.15) is 0 Å². The Labute approximate surface area is 128 Å². The van der Waals surface area contributed by atoms with Gasteiger partial charge in [-0.15, -0.1) is 12.4 Å². The van der Waals surface area contributed by atoms with Crippen molar-refractivity contribution in [3.63, 3.8) is 0 Å². The van der Waals surface area contributed by atoms with Gasteiger partial charge in [-0.25, -0.2) is 0 Å². The Morgan fingerprint density at radius 2 is 1.65 bits per heavy atom. The first-order valence-electron chi connectivity index (χ1n) is 7.33. The standard InChI is InChI=1S/C16H25FN2.ClH/c1-13(2)14-3-5-15(6-4-14)16(7-8-17)19-11-9-18-10-12-19;/h3-6,13,16,18H,7-12H2,1-2H3;1H/t16-;/m1./s1. The highest BCUT2D eigenvalue weighted by atomic mass is 35.5. The van der Waals surface area contributed by atoms with E-state index >= 15 is 0 Å². The molecule has 4 heteroatoms. The van der Waals surface area contributed by atoms with Gasteiger partial charge in [-0.05, 0) is 23.5 Å². The molecule has 0 spiro atoms. The summed E-state index contributed by atoms with van der Waals surface area (Å²) in [6, 6.07) is 8.96. The predicted octanol–water partition coefficient (Wildman–Crippen LogP) is 3.54. The molecule has 0 amide bonds. The number of hydrogen-bond donors (Lipinski definition) is 1. The van der Waals surface area contributed by atoms with E-state index in [4.69, 9.17) is 0 Å². The van der Waals surface area contributed by atoms with Gasteiger partial charge < -0.3 is 5.32 Å². The molecular weight excluding hydrogens is 275 g/mol. The van der Waals surface area contributed by atoms with Gasteiger partial charge in [0.15, 0.2) is 0 Å². The minimum atomic E-state index is -0.249. The maximum absolute atomic E-state index is 12.8. The molecule has 0 radical (unpaired) electrons. The van der Waals surface area contributed by atoms with Gasteiger partial charge in [0.2, 0.25) is 0 Å². The summed E-state index contributed by atoms with van der Waals surface area (Å²) in [6.07, 6.45) is 0.598. The van der Waals surface area contributed by atoms with Crippen molar-refractivity contribution in [2.24, 2.45) is 0 Å². The van der Waals surface area contributed by atoms with Crippen LogP contribution in [0.15, 0.2) is 24.3 Å². The van der Waals surface area contributed by atoms with E-state index in [0.29, 0.717) is 12.3 Å². The smallest absolute Gasteiger partial charge is 0.0912 e. The van der Waals surface area contributed by atoms with E-state index in [1.165, 1.54) is 11.1 Å². The van der Waals surface area contributed by atoms with Crippen LogP contribution in [0.25, 0.3) is 0 Å². The summed E-state index contributed by atoms with van der Waals surface area (Å²) in [5, 5.41) is 3.35. The lowest BCUT2D eigenvalue weighted by Crippen LogP contribution is -2.45. The average Bonchev–Trinajstić information content (AvgIpc) is 2.46. The molecule has 2 nitrogen and oxygen atoms in total. The van der Waals surface area contributed by atoms with Crippen molar-refractivity contribution in [2.75, 3.05) is 32.9 Å². The van der Waals surface area contributed by atoms with Crippen LogP contribution in [0.4, 0.5) is 4.39 Å². The van der Waals surface area contributed by atoms with Gasteiger partial charge in [-0.1, -0.05) is 38.1 Å². The van der Waals surface area contributed by atoms with Gasteiger partial charge in [0.05, 0.1) is 6.67 Å². The third-order valence-corrected chi connectivity index (χ3v) is 3.96. The van der Waals surface area contributed by atoms with E-state index in [9.17, 15) is 4.39 Å². The topological polar surface area (TPSA) is 15.3 Å². The molecule has 1 aliphatic heterocycles. The van der Waals surface area contributed by atoms with E-state index in [-0.39, 0.29) is 25.1 Å². The number of nitrogens with one attached hydrogen (secondary N) is 1. The van der Waals surface area contributed by atoms with Crippen LogP contribution in [0.2, 0.25) is 0 Å². The van der Waals surface area contributed by atoms with Crippen molar-refractivity contribution < 1.29 is 4.39 Å². The number of halogens is 2. The minimum absolute atomic E-state index is 0. The van der Waals surface area contributed by atoms with Crippen LogP contribution >= 0.6 is 12.4 Å². The molecule has 1 aliphatic rings. The van der Waals surface area contributed by atoms with E-state index in [1.54, 1.807) is 0 Å². The molecule has 1 atom stereocenters. The van der Waals surface area contributed by atoms with Crippen LogP contribution in [0, 0.1) is 0 Å². The summed E-state index contributed by atoms with van der Waals surface area (Å²) < 4.78 is 12.8. The Hall–Kier alpha value is -0.640. The Balaban J connectivity index is 0.00000200. The number of piperazine rings is 1. The zero-order chi connectivity index (χ0) is 13.7. The monoisotopic (exact) mass is 300 g/mol.